The summed E-state index contributed by atoms with van der Waals surface area (Å²) >= 11 is 0. The molecular formula is C31H48F2O3. The highest BCUT2D eigenvalue weighted by Gasteiger charge is 2.35. The molecule has 1 heterocycles. The number of ether oxygens (including phenoxy) is 3. The van der Waals surface area contributed by atoms with Crippen molar-refractivity contribution in [3.8, 4) is 11.5 Å². The lowest BCUT2D eigenvalue weighted by Crippen LogP contribution is -2.36. The van der Waals surface area contributed by atoms with Crippen molar-refractivity contribution in [3.63, 3.8) is 0 Å². The zero-order chi connectivity index (χ0) is 25.3. The third kappa shape index (κ3) is 7.36. The molecule has 0 amide bonds. The third-order valence-electron chi connectivity index (χ3n) is 9.31. The molecular weight excluding hydrogens is 458 g/mol. The smallest absolute Gasteiger partial charge is 0.204 e. The average molecular weight is 507 g/mol. The van der Waals surface area contributed by atoms with Crippen molar-refractivity contribution in [1.29, 1.82) is 0 Å². The lowest BCUT2D eigenvalue weighted by molar-refractivity contribution is -0.0676. The first-order chi connectivity index (χ1) is 17.6. The Balaban J connectivity index is 1.13. The molecule has 4 rings (SSSR count). The first kappa shape index (κ1) is 27.7. The van der Waals surface area contributed by atoms with Crippen LogP contribution in [0.5, 0.6) is 11.5 Å². The van der Waals surface area contributed by atoms with Gasteiger partial charge in [0.05, 0.1) is 25.9 Å². The summed E-state index contributed by atoms with van der Waals surface area (Å²) in [5.41, 5.74) is 0. The Hall–Kier alpha value is -1.36. The minimum atomic E-state index is -0.982. The highest BCUT2D eigenvalue weighted by molar-refractivity contribution is 5.35. The first-order valence-electron chi connectivity index (χ1n) is 14.9. The summed E-state index contributed by atoms with van der Waals surface area (Å²) < 4.78 is 45.4. The highest BCUT2D eigenvalue weighted by Crippen LogP contribution is 2.44. The topological polar surface area (TPSA) is 27.7 Å². The second kappa shape index (κ2) is 14.0. The van der Waals surface area contributed by atoms with E-state index in [9.17, 15) is 8.78 Å². The van der Waals surface area contributed by atoms with Gasteiger partial charge in [-0.25, -0.2) is 0 Å². The maximum Gasteiger partial charge on any atom is 0.204 e. The number of rotatable bonds is 11. The molecule has 1 aliphatic heterocycles. The van der Waals surface area contributed by atoms with Gasteiger partial charge in [0.15, 0.2) is 11.5 Å². The van der Waals surface area contributed by atoms with Gasteiger partial charge >= 0.3 is 0 Å². The Morgan fingerprint density at radius 1 is 0.722 bits per heavy atom. The van der Waals surface area contributed by atoms with Crippen LogP contribution < -0.4 is 9.47 Å². The molecule has 0 radical (unpaired) electrons. The van der Waals surface area contributed by atoms with E-state index in [1.807, 2.05) is 0 Å². The molecule has 5 heteroatoms. The zero-order valence-electron chi connectivity index (χ0n) is 22.6. The summed E-state index contributed by atoms with van der Waals surface area (Å²) in [6.45, 7) is 5.33. The van der Waals surface area contributed by atoms with E-state index in [0.717, 1.165) is 30.6 Å². The molecule has 2 atom stereocenters. The Kier molecular flexibility index (Phi) is 10.7. The van der Waals surface area contributed by atoms with Crippen molar-refractivity contribution < 1.29 is 23.0 Å². The van der Waals surface area contributed by atoms with Crippen molar-refractivity contribution >= 4 is 0 Å². The van der Waals surface area contributed by atoms with E-state index in [1.54, 1.807) is 6.92 Å². The molecule has 3 aliphatic rings. The number of hydrogen-bond acceptors (Lipinski definition) is 3. The van der Waals surface area contributed by atoms with Gasteiger partial charge < -0.3 is 14.2 Å². The third-order valence-corrected chi connectivity index (χ3v) is 9.31. The second-order valence-electron chi connectivity index (χ2n) is 11.7. The molecule has 0 N–H and O–H groups in total. The quantitative estimate of drug-likeness (QED) is 0.281. The van der Waals surface area contributed by atoms with Crippen LogP contribution >= 0.6 is 0 Å². The zero-order valence-corrected chi connectivity index (χ0v) is 22.6. The van der Waals surface area contributed by atoms with E-state index in [1.165, 1.54) is 89.2 Å². The van der Waals surface area contributed by atoms with Gasteiger partial charge in [0.1, 0.15) is 0 Å². The Labute approximate surface area is 217 Å². The van der Waals surface area contributed by atoms with Crippen LogP contribution in [-0.4, -0.2) is 25.9 Å². The van der Waals surface area contributed by atoms with Gasteiger partial charge in [-0.1, -0.05) is 45.4 Å². The number of unbranched alkanes of at least 4 members (excludes halogenated alkanes) is 2. The fraction of sp³-hybridized carbons (Fsp3) is 0.806. The van der Waals surface area contributed by atoms with E-state index < -0.39 is 11.6 Å². The van der Waals surface area contributed by atoms with Crippen LogP contribution in [0.2, 0.25) is 0 Å². The molecule has 3 nitrogen and oxygen atoms in total. The van der Waals surface area contributed by atoms with E-state index in [0.29, 0.717) is 31.8 Å². The predicted octanol–water partition coefficient (Wildman–Crippen LogP) is 8.73. The summed E-state index contributed by atoms with van der Waals surface area (Å²) in [6, 6.07) is 2.88. The van der Waals surface area contributed by atoms with E-state index >= 15 is 0 Å². The number of hydrogen-bond donors (Lipinski definition) is 0. The van der Waals surface area contributed by atoms with Crippen molar-refractivity contribution in [1.82, 2.24) is 0 Å². The van der Waals surface area contributed by atoms with Crippen LogP contribution in [0.3, 0.4) is 0 Å². The van der Waals surface area contributed by atoms with Crippen LogP contribution in [0, 0.1) is 41.2 Å². The lowest BCUT2D eigenvalue weighted by Gasteiger charge is -2.41. The summed E-state index contributed by atoms with van der Waals surface area (Å²) in [4.78, 5) is 0. The molecule has 3 fully saturated rings. The number of benzene rings is 1. The number of halogens is 2. The van der Waals surface area contributed by atoms with Crippen LogP contribution in [0.25, 0.3) is 0 Å². The van der Waals surface area contributed by atoms with E-state index in [4.69, 9.17) is 14.2 Å². The predicted molar refractivity (Wildman–Crippen MR) is 141 cm³/mol. The SMILES string of the molecule is CCCCCC1CCC(C2CCC(C3CCC(COc4ccc(OCC)c(F)c4F)CO3)CC2)CC1. The van der Waals surface area contributed by atoms with E-state index in [-0.39, 0.29) is 17.4 Å². The fourth-order valence-electron chi connectivity index (χ4n) is 7.05. The largest absolute Gasteiger partial charge is 0.491 e. The molecule has 2 saturated carbocycles. The van der Waals surface area contributed by atoms with Crippen LogP contribution in [0.4, 0.5) is 8.78 Å². The van der Waals surface area contributed by atoms with Gasteiger partial charge in [0.25, 0.3) is 0 Å². The van der Waals surface area contributed by atoms with Gasteiger partial charge in [-0.2, -0.15) is 8.78 Å². The summed E-state index contributed by atoms with van der Waals surface area (Å²) in [7, 11) is 0. The maximum atomic E-state index is 14.3. The average Bonchev–Trinajstić information content (AvgIpc) is 2.92. The Bertz CT molecular complexity index is 776. The minimum absolute atomic E-state index is 0.0496. The summed E-state index contributed by atoms with van der Waals surface area (Å²) in [5.74, 6) is 1.73. The molecule has 1 saturated heterocycles. The second-order valence-corrected chi connectivity index (χ2v) is 11.7. The van der Waals surface area contributed by atoms with Gasteiger partial charge in [-0.05, 0) is 94.1 Å². The standard InChI is InChI=1S/C31H48F2O3/c1-3-5-6-7-22-8-11-24(12-9-22)25-13-15-26(16-14-25)27-17-10-23(20-35-27)21-36-29-19-18-28(34-4-2)30(32)31(29)33/h18-19,22-27H,3-17,20-21H2,1-2H3. The lowest BCUT2D eigenvalue weighted by atomic mass is 9.67. The van der Waals surface area contributed by atoms with Gasteiger partial charge in [0.2, 0.25) is 11.6 Å². The molecule has 0 spiro atoms. The molecule has 2 unspecified atom stereocenters. The Morgan fingerprint density at radius 2 is 1.31 bits per heavy atom. The van der Waals surface area contributed by atoms with Gasteiger partial charge in [-0.3, -0.25) is 0 Å². The summed E-state index contributed by atoms with van der Waals surface area (Å²) in [5, 5.41) is 0. The minimum Gasteiger partial charge on any atom is -0.491 e. The van der Waals surface area contributed by atoms with E-state index in [2.05, 4.69) is 6.92 Å². The molecule has 0 aromatic heterocycles. The fourth-order valence-corrected chi connectivity index (χ4v) is 7.05. The van der Waals surface area contributed by atoms with Crippen molar-refractivity contribution in [2.24, 2.45) is 29.6 Å². The van der Waals surface area contributed by atoms with Gasteiger partial charge in [-0.15, -0.1) is 0 Å². The maximum absolute atomic E-state index is 14.3. The molecule has 2 aliphatic carbocycles. The van der Waals surface area contributed by atoms with Crippen molar-refractivity contribution in [2.75, 3.05) is 19.8 Å². The van der Waals surface area contributed by atoms with Crippen LogP contribution in [0.15, 0.2) is 12.1 Å². The van der Waals surface area contributed by atoms with Crippen molar-refractivity contribution in [2.45, 2.75) is 110 Å². The highest BCUT2D eigenvalue weighted by atomic mass is 19.2. The van der Waals surface area contributed by atoms with Crippen LogP contribution in [0.1, 0.15) is 104 Å². The molecule has 1 aromatic rings. The Morgan fingerprint density at radius 3 is 1.89 bits per heavy atom. The molecule has 1 aromatic carbocycles. The molecule has 0 bridgehead atoms. The summed E-state index contributed by atoms with van der Waals surface area (Å²) in [6.07, 6.45) is 19.3. The monoisotopic (exact) mass is 506 g/mol. The normalized spacial score (nSPS) is 31.2. The van der Waals surface area contributed by atoms with Crippen LogP contribution in [-0.2, 0) is 4.74 Å². The van der Waals surface area contributed by atoms with Crippen molar-refractivity contribution in [3.05, 3.63) is 23.8 Å². The molecule has 36 heavy (non-hydrogen) atoms. The van der Waals surface area contributed by atoms with Gasteiger partial charge in [0, 0.05) is 5.92 Å². The molecule has 204 valence electrons. The first-order valence-corrected chi connectivity index (χ1v) is 14.9.